The van der Waals surface area contributed by atoms with Gasteiger partial charge in [-0.25, -0.2) is 0 Å². The fourth-order valence-electron chi connectivity index (χ4n) is 1.35. The maximum absolute atomic E-state index is 11.3. The van der Waals surface area contributed by atoms with E-state index in [0.717, 1.165) is 0 Å². The summed E-state index contributed by atoms with van der Waals surface area (Å²) >= 11 is 4.37. The number of carbonyl (C=O) groups excluding carboxylic acids is 1. The van der Waals surface area contributed by atoms with E-state index in [9.17, 15) is 14.9 Å². The molecule has 0 heterocycles. The van der Waals surface area contributed by atoms with Gasteiger partial charge in [-0.3, -0.25) is 14.9 Å². The van der Waals surface area contributed by atoms with Crippen molar-refractivity contribution >= 4 is 39.2 Å². The Kier molecular flexibility index (Phi) is 4.95. The summed E-state index contributed by atoms with van der Waals surface area (Å²) in [5.41, 5.74) is 0.776. The molecule has 0 bridgehead atoms. The van der Waals surface area contributed by atoms with Crippen LogP contribution in [-0.2, 0) is 11.2 Å². The van der Waals surface area contributed by atoms with Crippen LogP contribution in [0.25, 0.3) is 0 Å². The Morgan fingerprint density at radius 1 is 1.56 bits per heavy atom. The number of benzene rings is 1. The number of alkyl halides is 1. The number of hydrogen-bond acceptors (Lipinski definition) is 4. The standard InChI is InChI=1S/C10H10BrNO3S/c1-16-10-7(5-8(13)6-11)3-2-4-9(10)12(14)15/h2-4H,5-6H2,1H3. The van der Waals surface area contributed by atoms with Gasteiger partial charge >= 0.3 is 0 Å². The summed E-state index contributed by atoms with van der Waals surface area (Å²) in [5, 5.41) is 11.1. The zero-order valence-electron chi connectivity index (χ0n) is 8.60. The molecule has 0 spiro atoms. The molecule has 0 fully saturated rings. The minimum atomic E-state index is -0.423. The van der Waals surface area contributed by atoms with Crippen LogP contribution in [0.2, 0.25) is 0 Å². The van der Waals surface area contributed by atoms with Gasteiger partial charge in [-0.05, 0) is 11.8 Å². The predicted molar refractivity (Wildman–Crippen MR) is 67.4 cm³/mol. The van der Waals surface area contributed by atoms with E-state index in [1.54, 1.807) is 18.4 Å². The van der Waals surface area contributed by atoms with Crippen LogP contribution < -0.4 is 0 Å². The molecule has 0 aliphatic rings. The van der Waals surface area contributed by atoms with Gasteiger partial charge in [0, 0.05) is 12.5 Å². The molecule has 4 nitrogen and oxygen atoms in total. The number of halogens is 1. The van der Waals surface area contributed by atoms with Gasteiger partial charge in [0.2, 0.25) is 0 Å². The largest absolute Gasteiger partial charge is 0.298 e. The van der Waals surface area contributed by atoms with E-state index in [4.69, 9.17) is 0 Å². The summed E-state index contributed by atoms with van der Waals surface area (Å²) in [6.07, 6.45) is 1.99. The Bertz CT molecular complexity index is 423. The molecule has 86 valence electrons. The Balaban J connectivity index is 3.13. The first-order chi connectivity index (χ1) is 7.60. The van der Waals surface area contributed by atoms with Gasteiger partial charge in [-0.15, -0.1) is 11.8 Å². The second-order valence-corrected chi connectivity index (χ2v) is 4.45. The van der Waals surface area contributed by atoms with Crippen molar-refractivity contribution in [1.29, 1.82) is 0 Å². The molecule has 0 saturated heterocycles. The molecule has 0 aliphatic heterocycles. The molecule has 0 atom stereocenters. The van der Waals surface area contributed by atoms with E-state index in [1.165, 1.54) is 17.8 Å². The molecule has 6 heteroatoms. The van der Waals surface area contributed by atoms with Gasteiger partial charge in [-0.2, -0.15) is 0 Å². The van der Waals surface area contributed by atoms with Gasteiger partial charge in [0.25, 0.3) is 5.69 Å². The molecule has 1 aromatic carbocycles. The minimum Gasteiger partial charge on any atom is -0.298 e. The van der Waals surface area contributed by atoms with Crippen molar-refractivity contribution in [2.45, 2.75) is 11.3 Å². The Labute approximate surface area is 106 Å². The van der Waals surface area contributed by atoms with Crippen LogP contribution in [0.3, 0.4) is 0 Å². The summed E-state index contributed by atoms with van der Waals surface area (Å²) in [6.45, 7) is 0. The summed E-state index contributed by atoms with van der Waals surface area (Å²) in [5.74, 6) is 0.01000. The van der Waals surface area contributed by atoms with E-state index in [1.807, 2.05) is 0 Å². The van der Waals surface area contributed by atoms with Crippen LogP contribution in [0.4, 0.5) is 5.69 Å². The van der Waals surface area contributed by atoms with Crippen LogP contribution in [0.5, 0.6) is 0 Å². The second kappa shape index (κ2) is 6.00. The minimum absolute atomic E-state index is 0.01000. The van der Waals surface area contributed by atoms with Gasteiger partial charge < -0.3 is 0 Å². The number of nitrogens with zero attached hydrogens (tertiary/aromatic N) is 1. The van der Waals surface area contributed by atoms with Crippen molar-refractivity contribution in [2.24, 2.45) is 0 Å². The van der Waals surface area contributed by atoms with Crippen LogP contribution in [0, 0.1) is 10.1 Å². The molecule has 0 aliphatic carbocycles. The van der Waals surface area contributed by atoms with Gasteiger partial charge in [0.05, 0.1) is 15.1 Å². The first-order valence-corrected chi connectivity index (χ1v) is 6.82. The number of hydrogen-bond donors (Lipinski definition) is 0. The number of rotatable bonds is 5. The quantitative estimate of drug-likeness (QED) is 0.363. The lowest BCUT2D eigenvalue weighted by molar-refractivity contribution is -0.387. The van der Waals surface area contributed by atoms with Crippen LogP contribution >= 0.6 is 27.7 Å². The second-order valence-electron chi connectivity index (χ2n) is 3.08. The molecule has 1 rings (SSSR count). The van der Waals surface area contributed by atoms with Gasteiger partial charge in [0.1, 0.15) is 5.78 Å². The maximum atomic E-state index is 11.3. The number of nitro groups is 1. The van der Waals surface area contributed by atoms with Crippen molar-refractivity contribution in [2.75, 3.05) is 11.6 Å². The van der Waals surface area contributed by atoms with Crippen molar-refractivity contribution in [3.05, 3.63) is 33.9 Å². The number of thioether (sulfide) groups is 1. The molecule has 16 heavy (non-hydrogen) atoms. The highest BCUT2D eigenvalue weighted by atomic mass is 79.9. The average Bonchev–Trinajstić information content (AvgIpc) is 2.28. The van der Waals surface area contributed by atoms with E-state index in [0.29, 0.717) is 10.5 Å². The fourth-order valence-corrected chi connectivity index (χ4v) is 2.30. The third kappa shape index (κ3) is 3.05. The SMILES string of the molecule is CSc1c(CC(=O)CBr)cccc1[N+](=O)[O-]. The molecular formula is C10H10BrNO3S. The number of Topliss-reactive ketones (excluding diaryl/α,β-unsaturated/α-hetero) is 1. The lowest BCUT2D eigenvalue weighted by atomic mass is 10.1. The summed E-state index contributed by atoms with van der Waals surface area (Å²) in [6, 6.07) is 4.81. The van der Waals surface area contributed by atoms with Crippen LogP contribution in [-0.4, -0.2) is 22.3 Å². The Morgan fingerprint density at radius 2 is 2.25 bits per heavy atom. The highest BCUT2D eigenvalue weighted by molar-refractivity contribution is 9.09. The molecule has 0 N–H and O–H groups in total. The molecule has 0 saturated carbocycles. The van der Waals surface area contributed by atoms with E-state index in [-0.39, 0.29) is 23.2 Å². The monoisotopic (exact) mass is 303 g/mol. The first kappa shape index (κ1) is 13.2. The van der Waals surface area contributed by atoms with Gasteiger partial charge in [0.15, 0.2) is 0 Å². The first-order valence-electron chi connectivity index (χ1n) is 4.48. The summed E-state index contributed by atoms with van der Waals surface area (Å²) in [7, 11) is 0. The molecule has 0 aromatic heterocycles. The Hall–Kier alpha value is -0.880. The lowest BCUT2D eigenvalue weighted by Crippen LogP contribution is -2.05. The Morgan fingerprint density at radius 3 is 2.75 bits per heavy atom. The number of carbonyl (C=O) groups is 1. The smallest absolute Gasteiger partial charge is 0.283 e. The van der Waals surface area contributed by atoms with Crippen molar-refractivity contribution in [1.82, 2.24) is 0 Å². The summed E-state index contributed by atoms with van der Waals surface area (Å²) < 4.78 is 0. The molecule has 1 aromatic rings. The number of nitro benzene ring substituents is 1. The molecular weight excluding hydrogens is 294 g/mol. The molecule has 0 amide bonds. The molecule has 0 unspecified atom stereocenters. The van der Waals surface area contributed by atoms with Crippen molar-refractivity contribution < 1.29 is 9.72 Å². The third-order valence-electron chi connectivity index (χ3n) is 2.01. The maximum Gasteiger partial charge on any atom is 0.283 e. The molecule has 0 radical (unpaired) electrons. The normalized spacial score (nSPS) is 10.1. The predicted octanol–water partition coefficient (Wildman–Crippen LogP) is 2.82. The van der Waals surface area contributed by atoms with E-state index >= 15 is 0 Å². The zero-order chi connectivity index (χ0) is 12.1. The van der Waals surface area contributed by atoms with Crippen LogP contribution in [0.15, 0.2) is 23.1 Å². The van der Waals surface area contributed by atoms with E-state index < -0.39 is 4.92 Å². The highest BCUT2D eigenvalue weighted by Crippen LogP contribution is 2.31. The highest BCUT2D eigenvalue weighted by Gasteiger charge is 2.17. The number of ketones is 1. The topological polar surface area (TPSA) is 60.2 Å². The zero-order valence-corrected chi connectivity index (χ0v) is 11.0. The summed E-state index contributed by atoms with van der Waals surface area (Å²) in [4.78, 5) is 22.2. The van der Waals surface area contributed by atoms with Crippen LogP contribution in [0.1, 0.15) is 5.56 Å². The third-order valence-corrected chi connectivity index (χ3v) is 3.52. The lowest BCUT2D eigenvalue weighted by Gasteiger charge is -2.06. The fraction of sp³-hybridized carbons (Fsp3) is 0.300. The van der Waals surface area contributed by atoms with E-state index in [2.05, 4.69) is 15.9 Å². The van der Waals surface area contributed by atoms with Crippen molar-refractivity contribution in [3.8, 4) is 0 Å². The van der Waals surface area contributed by atoms with Gasteiger partial charge in [-0.1, -0.05) is 28.1 Å². The average molecular weight is 304 g/mol. The van der Waals surface area contributed by atoms with Crippen molar-refractivity contribution in [3.63, 3.8) is 0 Å².